The third-order valence-corrected chi connectivity index (χ3v) is 5.27. The molecule has 0 aliphatic heterocycles. The van der Waals surface area contributed by atoms with E-state index in [2.05, 4.69) is 15.1 Å². The van der Waals surface area contributed by atoms with Crippen LogP contribution in [0, 0.1) is 6.92 Å². The van der Waals surface area contributed by atoms with Crippen molar-refractivity contribution in [2.75, 3.05) is 0 Å². The summed E-state index contributed by atoms with van der Waals surface area (Å²) < 4.78 is 2.56. The highest BCUT2D eigenvalue weighted by Crippen LogP contribution is 2.23. The zero-order valence-corrected chi connectivity index (χ0v) is 15.4. The third-order valence-electron chi connectivity index (χ3n) is 4.25. The van der Waals surface area contributed by atoms with Gasteiger partial charge >= 0.3 is 0 Å². The second-order valence-electron chi connectivity index (χ2n) is 6.10. The summed E-state index contributed by atoms with van der Waals surface area (Å²) in [5.41, 5.74) is 4.03. The van der Waals surface area contributed by atoms with Gasteiger partial charge in [-0.3, -0.25) is 14.9 Å². The SMILES string of the molecule is CC(=NCc1ccccc1)c1c(C)[nH]n(-c2nc3ccccc3s2)c1=O. The number of aromatic nitrogens is 3. The van der Waals surface area contributed by atoms with Crippen molar-refractivity contribution in [2.45, 2.75) is 20.4 Å². The van der Waals surface area contributed by atoms with Crippen molar-refractivity contribution < 1.29 is 0 Å². The van der Waals surface area contributed by atoms with Crippen LogP contribution in [0.2, 0.25) is 0 Å². The van der Waals surface area contributed by atoms with E-state index in [1.165, 1.54) is 16.0 Å². The molecule has 5 nitrogen and oxygen atoms in total. The van der Waals surface area contributed by atoms with Gasteiger partial charge in [-0.2, -0.15) is 4.68 Å². The van der Waals surface area contributed by atoms with E-state index in [4.69, 9.17) is 0 Å². The molecule has 2 aromatic carbocycles. The molecule has 4 rings (SSSR count). The Morgan fingerprint density at radius 3 is 2.65 bits per heavy atom. The molecule has 0 saturated carbocycles. The van der Waals surface area contributed by atoms with Crippen LogP contribution in [0.3, 0.4) is 0 Å². The number of hydrogen-bond donors (Lipinski definition) is 1. The number of benzene rings is 2. The minimum atomic E-state index is -0.115. The first-order valence-corrected chi connectivity index (χ1v) is 9.18. The number of fused-ring (bicyclic) bond motifs is 1. The summed E-state index contributed by atoms with van der Waals surface area (Å²) in [7, 11) is 0. The predicted molar refractivity (Wildman–Crippen MR) is 107 cm³/mol. The summed E-state index contributed by atoms with van der Waals surface area (Å²) >= 11 is 1.49. The van der Waals surface area contributed by atoms with Crippen molar-refractivity contribution in [1.82, 2.24) is 14.8 Å². The van der Waals surface area contributed by atoms with Gasteiger partial charge in [-0.1, -0.05) is 53.8 Å². The number of H-pyrrole nitrogens is 1. The van der Waals surface area contributed by atoms with Gasteiger partial charge in [0, 0.05) is 11.4 Å². The van der Waals surface area contributed by atoms with Gasteiger partial charge in [-0.25, -0.2) is 4.98 Å². The maximum atomic E-state index is 12.9. The zero-order chi connectivity index (χ0) is 18.1. The number of rotatable bonds is 4. The highest BCUT2D eigenvalue weighted by molar-refractivity contribution is 7.20. The quantitative estimate of drug-likeness (QED) is 0.556. The van der Waals surface area contributed by atoms with Gasteiger partial charge in [0.1, 0.15) is 0 Å². The Labute approximate surface area is 154 Å². The third kappa shape index (κ3) is 2.99. The van der Waals surface area contributed by atoms with Crippen LogP contribution in [-0.2, 0) is 6.54 Å². The summed E-state index contributed by atoms with van der Waals surface area (Å²) in [5, 5.41) is 3.78. The molecule has 0 amide bonds. The van der Waals surface area contributed by atoms with Crippen molar-refractivity contribution in [3.8, 4) is 5.13 Å². The minimum absolute atomic E-state index is 0.115. The molecule has 26 heavy (non-hydrogen) atoms. The molecule has 1 N–H and O–H groups in total. The maximum absolute atomic E-state index is 12.9. The van der Waals surface area contributed by atoms with Gasteiger partial charge in [-0.15, -0.1) is 0 Å². The van der Waals surface area contributed by atoms with Crippen molar-refractivity contribution >= 4 is 27.3 Å². The lowest BCUT2D eigenvalue weighted by molar-refractivity contribution is 0.829. The Balaban J connectivity index is 1.71. The van der Waals surface area contributed by atoms with E-state index in [0.717, 1.165) is 27.2 Å². The van der Waals surface area contributed by atoms with Crippen molar-refractivity contribution in [3.05, 3.63) is 81.8 Å². The van der Waals surface area contributed by atoms with Crippen LogP contribution in [0.1, 0.15) is 23.7 Å². The lowest BCUT2D eigenvalue weighted by Gasteiger charge is -1.99. The molecule has 0 atom stereocenters. The van der Waals surface area contributed by atoms with Gasteiger partial charge in [0.25, 0.3) is 5.56 Å². The Bertz CT molecular complexity index is 1120. The molecule has 4 aromatic rings. The van der Waals surface area contributed by atoms with E-state index in [9.17, 15) is 4.79 Å². The molecule has 6 heteroatoms. The predicted octanol–water partition coefficient (Wildman–Crippen LogP) is 4.09. The van der Waals surface area contributed by atoms with Crippen LogP contribution >= 0.6 is 11.3 Å². The highest BCUT2D eigenvalue weighted by atomic mass is 32.1. The van der Waals surface area contributed by atoms with Crippen LogP contribution in [0.5, 0.6) is 0 Å². The maximum Gasteiger partial charge on any atom is 0.282 e. The first-order chi connectivity index (χ1) is 12.6. The number of nitrogens with zero attached hydrogens (tertiary/aromatic N) is 3. The summed E-state index contributed by atoms with van der Waals surface area (Å²) in [5.74, 6) is 0. The number of aliphatic imine (C=N–C) groups is 1. The van der Waals surface area contributed by atoms with Gasteiger partial charge in [0.05, 0.1) is 22.3 Å². The number of aromatic amines is 1. The second kappa shape index (κ2) is 6.72. The average Bonchev–Trinajstić information content (AvgIpc) is 3.21. The Morgan fingerprint density at radius 1 is 1.15 bits per heavy atom. The summed E-state index contributed by atoms with van der Waals surface area (Å²) in [6.45, 7) is 4.32. The van der Waals surface area contributed by atoms with Crippen LogP contribution in [-0.4, -0.2) is 20.5 Å². The average molecular weight is 362 g/mol. The molecule has 0 fully saturated rings. The number of aryl methyl sites for hydroxylation is 1. The fourth-order valence-corrected chi connectivity index (χ4v) is 3.86. The smallest absolute Gasteiger partial charge is 0.282 e. The zero-order valence-electron chi connectivity index (χ0n) is 14.6. The molecular weight excluding hydrogens is 344 g/mol. The number of nitrogens with one attached hydrogen (secondary N) is 1. The van der Waals surface area contributed by atoms with Crippen LogP contribution in [0.25, 0.3) is 15.3 Å². The molecule has 0 aliphatic carbocycles. The minimum Gasteiger partial charge on any atom is -0.293 e. The fraction of sp³-hybridized carbons (Fsp3) is 0.150. The summed E-state index contributed by atoms with van der Waals surface area (Å²) in [6.07, 6.45) is 0. The van der Waals surface area contributed by atoms with E-state index in [1.54, 1.807) is 0 Å². The first kappa shape index (κ1) is 16.5. The Hall–Kier alpha value is -2.99. The van der Waals surface area contributed by atoms with Gasteiger partial charge < -0.3 is 0 Å². The lowest BCUT2D eigenvalue weighted by atomic mass is 10.1. The number of hydrogen-bond acceptors (Lipinski definition) is 4. The van der Waals surface area contributed by atoms with Gasteiger partial charge in [0.15, 0.2) is 0 Å². The van der Waals surface area contributed by atoms with E-state index in [1.807, 2.05) is 68.4 Å². The molecule has 2 heterocycles. The van der Waals surface area contributed by atoms with Gasteiger partial charge in [-0.05, 0) is 31.5 Å². The highest BCUT2D eigenvalue weighted by Gasteiger charge is 2.17. The van der Waals surface area contributed by atoms with E-state index in [0.29, 0.717) is 17.2 Å². The van der Waals surface area contributed by atoms with Crippen molar-refractivity contribution in [1.29, 1.82) is 0 Å². The molecule has 2 aromatic heterocycles. The van der Waals surface area contributed by atoms with E-state index < -0.39 is 0 Å². The largest absolute Gasteiger partial charge is 0.293 e. The summed E-state index contributed by atoms with van der Waals surface area (Å²) in [4.78, 5) is 22.1. The molecule has 0 unspecified atom stereocenters. The molecule has 0 saturated heterocycles. The Morgan fingerprint density at radius 2 is 1.88 bits per heavy atom. The van der Waals surface area contributed by atoms with Gasteiger partial charge in [0.2, 0.25) is 5.13 Å². The fourth-order valence-electron chi connectivity index (χ4n) is 2.94. The Kier molecular flexibility index (Phi) is 4.26. The number of thiazole rings is 1. The van der Waals surface area contributed by atoms with Crippen molar-refractivity contribution in [2.24, 2.45) is 4.99 Å². The second-order valence-corrected chi connectivity index (χ2v) is 7.11. The first-order valence-electron chi connectivity index (χ1n) is 8.36. The number of para-hydroxylation sites is 1. The van der Waals surface area contributed by atoms with E-state index in [-0.39, 0.29) is 5.56 Å². The molecule has 0 bridgehead atoms. The van der Waals surface area contributed by atoms with Crippen LogP contribution in [0.15, 0.2) is 64.4 Å². The molecule has 0 aliphatic rings. The molecule has 0 spiro atoms. The lowest BCUT2D eigenvalue weighted by Crippen LogP contribution is -2.19. The van der Waals surface area contributed by atoms with Crippen LogP contribution < -0.4 is 5.56 Å². The van der Waals surface area contributed by atoms with Crippen molar-refractivity contribution in [3.63, 3.8) is 0 Å². The molecule has 0 radical (unpaired) electrons. The molecular formula is C20H18N4OS. The molecule has 130 valence electrons. The summed E-state index contributed by atoms with van der Waals surface area (Å²) in [6, 6.07) is 17.9. The van der Waals surface area contributed by atoms with E-state index >= 15 is 0 Å². The van der Waals surface area contributed by atoms with Crippen LogP contribution in [0.4, 0.5) is 0 Å². The standard InChI is InChI=1S/C20H18N4OS/c1-13(21-12-15-8-4-3-5-9-15)18-14(2)23-24(19(18)25)20-22-16-10-6-7-11-17(16)26-20/h3-11,23H,12H2,1-2H3. The topological polar surface area (TPSA) is 63.0 Å². The normalized spacial score (nSPS) is 12.0. The monoisotopic (exact) mass is 362 g/mol.